The van der Waals surface area contributed by atoms with Crippen molar-refractivity contribution in [3.8, 4) is 40.1 Å². The molecule has 4 rings (SSSR count). The summed E-state index contributed by atoms with van der Waals surface area (Å²) in [7, 11) is 2.86. The number of aromatic hydroxyl groups is 2. The summed E-state index contributed by atoms with van der Waals surface area (Å²) in [5.41, 5.74) is -0.802. The minimum Gasteiger partial charge on any atom is -0.507 e. The van der Waals surface area contributed by atoms with E-state index in [0.29, 0.717) is 11.5 Å². The second kappa shape index (κ2) is 9.60. The van der Waals surface area contributed by atoms with Gasteiger partial charge >= 0.3 is 0 Å². The van der Waals surface area contributed by atoms with Gasteiger partial charge in [0.1, 0.15) is 46.9 Å². The van der Waals surface area contributed by atoms with E-state index in [9.17, 15) is 35.4 Å². The molecule has 1 aromatic heterocycles. The van der Waals surface area contributed by atoms with Gasteiger partial charge in [0.2, 0.25) is 17.5 Å². The van der Waals surface area contributed by atoms with Gasteiger partial charge in [-0.1, -0.05) is 0 Å². The number of rotatable bonds is 6. The third-order valence-electron chi connectivity index (χ3n) is 5.67. The molecule has 1 saturated heterocycles. The number of hydrogen-bond acceptors (Lipinski definition) is 12. The molecule has 1 aliphatic rings. The first kappa shape index (κ1) is 24.6. The van der Waals surface area contributed by atoms with Crippen LogP contribution in [0.25, 0.3) is 22.3 Å². The maximum absolute atomic E-state index is 12.8. The predicted molar refractivity (Wildman–Crippen MR) is 119 cm³/mol. The van der Waals surface area contributed by atoms with Gasteiger partial charge in [0, 0.05) is 17.7 Å². The lowest BCUT2D eigenvalue weighted by molar-refractivity contribution is -0.277. The third-order valence-corrected chi connectivity index (χ3v) is 5.67. The molecule has 3 aromatic rings. The average Bonchev–Trinajstić information content (AvgIpc) is 2.85. The fourth-order valence-corrected chi connectivity index (χ4v) is 3.80. The minimum atomic E-state index is -1.69. The molecule has 12 nitrogen and oxygen atoms in total. The fourth-order valence-electron chi connectivity index (χ4n) is 3.80. The van der Waals surface area contributed by atoms with Gasteiger partial charge < -0.3 is 54.0 Å². The Morgan fingerprint density at radius 3 is 2.31 bits per heavy atom. The fraction of sp³-hybridized carbons (Fsp3) is 0.348. The van der Waals surface area contributed by atoms with E-state index >= 15 is 0 Å². The van der Waals surface area contributed by atoms with Crippen molar-refractivity contribution in [2.75, 3.05) is 20.8 Å². The Labute approximate surface area is 197 Å². The second-order valence-electron chi connectivity index (χ2n) is 7.81. The highest BCUT2D eigenvalue weighted by molar-refractivity contribution is 5.88. The quantitative estimate of drug-likeness (QED) is 0.272. The highest BCUT2D eigenvalue weighted by Crippen LogP contribution is 2.39. The first-order valence-corrected chi connectivity index (χ1v) is 10.4. The molecule has 5 atom stereocenters. The lowest BCUT2D eigenvalue weighted by Gasteiger charge is -2.39. The molecule has 1 fully saturated rings. The number of benzene rings is 2. The Kier molecular flexibility index (Phi) is 6.74. The molecule has 0 spiro atoms. The maximum atomic E-state index is 12.8. The number of ether oxygens (including phenoxy) is 4. The molecule has 0 bridgehead atoms. The molecule has 1 aliphatic heterocycles. The Hall–Kier alpha value is -3.55. The van der Waals surface area contributed by atoms with Crippen molar-refractivity contribution in [2.24, 2.45) is 0 Å². The van der Waals surface area contributed by atoms with Crippen LogP contribution in [0.5, 0.6) is 28.7 Å². The molecule has 0 aliphatic carbocycles. The summed E-state index contributed by atoms with van der Waals surface area (Å²) in [5.74, 6) is -0.965. The van der Waals surface area contributed by atoms with E-state index < -0.39 is 54.2 Å². The normalized spacial score (nSPS) is 24.3. The van der Waals surface area contributed by atoms with Crippen LogP contribution in [0.1, 0.15) is 0 Å². The summed E-state index contributed by atoms with van der Waals surface area (Å²) < 4.78 is 27.0. The highest BCUT2D eigenvalue weighted by Gasteiger charge is 2.44. The number of hydrogen-bond donors (Lipinski definition) is 6. The summed E-state index contributed by atoms with van der Waals surface area (Å²) >= 11 is 0. The van der Waals surface area contributed by atoms with Gasteiger partial charge in [-0.25, -0.2) is 0 Å². The zero-order chi connectivity index (χ0) is 25.4. The van der Waals surface area contributed by atoms with Crippen LogP contribution >= 0.6 is 0 Å². The van der Waals surface area contributed by atoms with Gasteiger partial charge in [0.05, 0.1) is 20.8 Å². The van der Waals surface area contributed by atoms with Crippen molar-refractivity contribution in [2.45, 2.75) is 30.7 Å². The monoisotopic (exact) mass is 492 g/mol. The van der Waals surface area contributed by atoms with E-state index in [-0.39, 0.29) is 28.0 Å². The van der Waals surface area contributed by atoms with Crippen LogP contribution in [0.3, 0.4) is 0 Å². The van der Waals surface area contributed by atoms with E-state index in [1.807, 2.05) is 0 Å². The average molecular weight is 492 g/mol. The number of phenolic OH excluding ortho intramolecular Hbond substituents is 1. The van der Waals surface area contributed by atoms with Crippen molar-refractivity contribution >= 4 is 11.0 Å². The number of aliphatic hydroxyl groups excluding tert-OH is 4. The number of phenols is 1. The summed E-state index contributed by atoms with van der Waals surface area (Å²) in [6, 6.07) is 6.79. The van der Waals surface area contributed by atoms with Crippen molar-refractivity contribution in [3.63, 3.8) is 0 Å². The molecule has 0 unspecified atom stereocenters. The smallest absolute Gasteiger partial charge is 0.238 e. The van der Waals surface area contributed by atoms with Gasteiger partial charge in [-0.2, -0.15) is 0 Å². The molecule has 2 heterocycles. The van der Waals surface area contributed by atoms with Gasteiger partial charge in [-0.15, -0.1) is 0 Å². The van der Waals surface area contributed by atoms with Crippen LogP contribution in [0.4, 0.5) is 0 Å². The molecule has 6 N–H and O–H groups in total. The Bertz CT molecular complexity index is 1280. The number of fused-ring (bicyclic) bond motifs is 1. The first-order valence-electron chi connectivity index (χ1n) is 10.4. The molecule has 0 saturated carbocycles. The van der Waals surface area contributed by atoms with Crippen molar-refractivity contribution in [1.82, 2.24) is 0 Å². The molecular formula is C23H24O12. The largest absolute Gasteiger partial charge is 0.507 e. The van der Waals surface area contributed by atoms with E-state index in [1.165, 1.54) is 32.4 Å². The maximum Gasteiger partial charge on any atom is 0.238 e. The van der Waals surface area contributed by atoms with Gasteiger partial charge in [0.15, 0.2) is 17.3 Å². The zero-order valence-electron chi connectivity index (χ0n) is 18.6. The Morgan fingerprint density at radius 2 is 1.66 bits per heavy atom. The Morgan fingerprint density at radius 1 is 0.943 bits per heavy atom. The van der Waals surface area contributed by atoms with Gasteiger partial charge in [0.25, 0.3) is 0 Å². The van der Waals surface area contributed by atoms with Crippen molar-refractivity contribution in [1.29, 1.82) is 0 Å². The van der Waals surface area contributed by atoms with Crippen LogP contribution < -0.4 is 19.6 Å². The molecule has 2 aromatic carbocycles. The zero-order valence-corrected chi connectivity index (χ0v) is 18.6. The summed E-state index contributed by atoms with van der Waals surface area (Å²) in [5, 5.41) is 60.0. The van der Waals surface area contributed by atoms with Gasteiger partial charge in [-0.05, 0) is 18.2 Å². The summed E-state index contributed by atoms with van der Waals surface area (Å²) in [6.45, 7) is -0.656. The van der Waals surface area contributed by atoms with Crippen LogP contribution in [-0.2, 0) is 4.74 Å². The third kappa shape index (κ3) is 4.33. The van der Waals surface area contributed by atoms with E-state index in [0.717, 1.165) is 6.07 Å². The van der Waals surface area contributed by atoms with Crippen LogP contribution in [-0.4, -0.2) is 82.2 Å². The van der Waals surface area contributed by atoms with Crippen LogP contribution in [0.2, 0.25) is 0 Å². The lowest BCUT2D eigenvalue weighted by atomic mass is 9.99. The standard InChI is InChI=1S/C23H24O12/c1-31-12-4-3-9(5-13(12)32-2)22-20(29)18(27)16-11(25)6-10(7-14(16)34-22)33-23-21(30)19(28)17(26)15(8-24)35-23/h3-7,15,17,19,21,23-26,28-30H,8H2,1-2H3/t15-,17-,19+,21-,23-/m1/s1. The first-order chi connectivity index (χ1) is 16.7. The summed E-state index contributed by atoms with van der Waals surface area (Å²) in [4.78, 5) is 12.8. The predicted octanol–water partition coefficient (Wildman–Crippen LogP) is 0.0671. The topological polar surface area (TPSA) is 189 Å². The number of aliphatic hydroxyl groups is 4. The molecular weight excluding hydrogens is 468 g/mol. The molecule has 0 amide bonds. The van der Waals surface area contributed by atoms with Crippen LogP contribution in [0, 0.1) is 0 Å². The van der Waals surface area contributed by atoms with Crippen molar-refractivity contribution in [3.05, 3.63) is 40.6 Å². The SMILES string of the molecule is COc1ccc(-c2oc3cc(O[C@@H]4O[C@H](CO)[C@@H](O)[C@H](O)[C@H]4O)cc(O)c3c(=O)c2O)cc1OC. The molecule has 188 valence electrons. The second-order valence-corrected chi connectivity index (χ2v) is 7.81. The Balaban J connectivity index is 1.77. The highest BCUT2D eigenvalue weighted by atomic mass is 16.7. The minimum absolute atomic E-state index is 0.133. The van der Waals surface area contributed by atoms with E-state index in [4.69, 9.17) is 23.4 Å². The molecule has 0 radical (unpaired) electrons. The molecule has 35 heavy (non-hydrogen) atoms. The van der Waals surface area contributed by atoms with E-state index in [2.05, 4.69) is 0 Å². The van der Waals surface area contributed by atoms with E-state index in [1.54, 1.807) is 6.07 Å². The van der Waals surface area contributed by atoms with Crippen LogP contribution in [0.15, 0.2) is 39.5 Å². The summed E-state index contributed by atoms with van der Waals surface area (Å²) in [6.07, 6.45) is -7.69. The van der Waals surface area contributed by atoms with Crippen molar-refractivity contribution < 1.29 is 54.0 Å². The lowest BCUT2D eigenvalue weighted by Crippen LogP contribution is -2.60. The van der Waals surface area contributed by atoms with Gasteiger partial charge in [-0.3, -0.25) is 4.79 Å². The number of methoxy groups -OCH3 is 2. The molecule has 12 heteroatoms.